The molecule has 27 heavy (non-hydrogen) atoms. The van der Waals surface area contributed by atoms with Gasteiger partial charge in [-0.1, -0.05) is 0 Å². The summed E-state index contributed by atoms with van der Waals surface area (Å²) < 4.78 is 0.445. The van der Waals surface area contributed by atoms with Crippen LogP contribution in [0.4, 0.5) is 0 Å². The fraction of sp³-hybridized carbons (Fsp3) is 0.273. The van der Waals surface area contributed by atoms with Crippen LogP contribution in [0.1, 0.15) is 29.5 Å². The molecular weight excluding hydrogens is 483 g/mol. The summed E-state index contributed by atoms with van der Waals surface area (Å²) >= 11 is -4.33. The van der Waals surface area contributed by atoms with Crippen molar-refractivity contribution in [1.29, 1.82) is 0 Å². The number of benzene rings is 2. The van der Waals surface area contributed by atoms with Crippen molar-refractivity contribution in [1.82, 2.24) is 0 Å². The topological polar surface area (TPSA) is 0 Å². The second-order valence-electron chi connectivity index (χ2n) is 9.25. The maximum atomic E-state index is 8.07. The third-order valence-corrected chi connectivity index (χ3v) is 97.6. The molecule has 0 aromatic heterocycles. The van der Waals surface area contributed by atoms with Gasteiger partial charge in [0.25, 0.3) is 0 Å². The molecule has 2 aromatic rings. The van der Waals surface area contributed by atoms with Crippen LogP contribution in [0.3, 0.4) is 0 Å². The van der Waals surface area contributed by atoms with Crippen LogP contribution in [0, 0.1) is 0 Å². The Morgan fingerprint density at radius 2 is 1.19 bits per heavy atom. The molecule has 0 N–H and O–H groups in total. The molecule has 4 rings (SSSR count). The zero-order valence-electron chi connectivity index (χ0n) is 16.4. The van der Waals surface area contributed by atoms with Gasteiger partial charge in [0.15, 0.2) is 0 Å². The normalized spacial score (nSPS) is 23.6. The van der Waals surface area contributed by atoms with Gasteiger partial charge in [-0.25, -0.2) is 0 Å². The fourth-order valence-electron chi connectivity index (χ4n) is 5.02. The van der Waals surface area contributed by atoms with Crippen molar-refractivity contribution in [3.8, 4) is 0 Å². The van der Waals surface area contributed by atoms with Gasteiger partial charge in [0, 0.05) is 0 Å². The van der Waals surface area contributed by atoms with E-state index in [1.807, 2.05) is 0 Å². The van der Waals surface area contributed by atoms with Gasteiger partial charge in [0.05, 0.1) is 0 Å². The van der Waals surface area contributed by atoms with E-state index in [0.717, 1.165) is 0 Å². The second-order valence-corrected chi connectivity index (χ2v) is 65.8. The molecule has 0 fully saturated rings. The van der Waals surface area contributed by atoms with Crippen molar-refractivity contribution in [2.75, 3.05) is 0 Å². The molecule has 3 unspecified atom stereocenters. The van der Waals surface area contributed by atoms with E-state index in [-0.39, 0.29) is 7.25 Å². The van der Waals surface area contributed by atoms with Gasteiger partial charge >= 0.3 is 174 Å². The Hall–Kier alpha value is -0.183. The number of allylic oxidation sites excluding steroid dienone is 2. The summed E-state index contributed by atoms with van der Waals surface area (Å²) in [7, 11) is 14.7. The van der Waals surface area contributed by atoms with E-state index in [1.165, 1.54) is 22.3 Å². The van der Waals surface area contributed by atoms with Crippen LogP contribution >= 0.6 is 17.0 Å². The van der Waals surface area contributed by atoms with Gasteiger partial charge in [0.1, 0.15) is 0 Å². The summed E-state index contributed by atoms with van der Waals surface area (Å²) in [5.74, 6) is 0. The van der Waals surface area contributed by atoms with Crippen molar-refractivity contribution >= 4 is 42.2 Å². The molecule has 0 aliphatic heterocycles. The molecule has 0 saturated carbocycles. The van der Waals surface area contributed by atoms with Gasteiger partial charge in [-0.05, 0) is 0 Å². The van der Waals surface area contributed by atoms with E-state index < -0.39 is 28.6 Å². The molecule has 2 aliphatic rings. The summed E-state index contributed by atoms with van der Waals surface area (Å²) in [5, 5.41) is 0. The molecule has 2 aromatic carbocycles. The zero-order chi connectivity index (χ0) is 19.5. The monoisotopic (exact) mass is 507 g/mol. The summed E-state index contributed by atoms with van der Waals surface area (Å²) in [6.45, 7) is 9.95. The molecule has 2 aliphatic carbocycles. The first-order valence-corrected chi connectivity index (χ1v) is 30.2. The van der Waals surface area contributed by atoms with Crippen molar-refractivity contribution < 1.29 is 15.6 Å². The minimum absolute atomic E-state index is 0.222. The number of hydrogen-bond acceptors (Lipinski definition) is 0. The Kier molecular flexibility index (Phi) is 4.97. The van der Waals surface area contributed by atoms with Crippen LogP contribution in [-0.2, 0) is 15.6 Å². The van der Waals surface area contributed by atoms with Crippen LogP contribution in [0.15, 0.2) is 60.7 Å². The van der Waals surface area contributed by atoms with Crippen LogP contribution < -0.4 is 0 Å². The molecule has 0 spiro atoms. The van der Waals surface area contributed by atoms with Gasteiger partial charge in [-0.2, -0.15) is 0 Å². The molecule has 141 valence electrons. The standard InChI is InChI=1S/2C9H7.C4H13Si2.2ClH.Zr/c2*1-2-5-9-7-3-6-8(9)4-1;1-5-6(2,3)4;;;/h2*1-7H;5H,1-4H3;2*1H;/q;;;;;+2/p-2. The van der Waals surface area contributed by atoms with Crippen molar-refractivity contribution in [2.45, 2.75) is 33.4 Å². The first-order chi connectivity index (χ1) is 12.6. The Bertz CT molecular complexity index is 893. The number of halogens is 2. The van der Waals surface area contributed by atoms with Gasteiger partial charge in [-0.15, -0.1) is 0 Å². The maximum absolute atomic E-state index is 8.07. The van der Waals surface area contributed by atoms with Crippen LogP contribution in [0.2, 0.25) is 26.2 Å². The molecule has 0 bridgehead atoms. The predicted molar refractivity (Wildman–Crippen MR) is 124 cm³/mol. The predicted octanol–water partition coefficient (Wildman–Crippen LogP) is 7.29. The van der Waals surface area contributed by atoms with E-state index >= 15 is 0 Å². The molecular formula is C22H27Cl2Si2Zr. The number of fused-ring (bicyclic) bond motifs is 2. The summed E-state index contributed by atoms with van der Waals surface area (Å²) in [4.78, 5) is 0. The van der Waals surface area contributed by atoms with Crippen molar-refractivity contribution in [3.05, 3.63) is 82.9 Å². The zero-order valence-corrected chi connectivity index (χ0v) is 22.5. The average Bonchev–Trinajstić information content (AvgIpc) is 3.25. The van der Waals surface area contributed by atoms with E-state index in [9.17, 15) is 0 Å². The minimum atomic E-state index is -4.33. The Morgan fingerprint density at radius 3 is 1.59 bits per heavy atom. The number of hydrogen-bond donors (Lipinski definition) is 0. The Labute approximate surface area is 172 Å². The van der Waals surface area contributed by atoms with E-state index in [2.05, 4.69) is 99.0 Å². The summed E-state index contributed by atoms with van der Waals surface area (Å²) in [6.07, 6.45) is 9.23. The second kappa shape index (κ2) is 6.67. The first-order valence-electron chi connectivity index (χ1n) is 9.75. The van der Waals surface area contributed by atoms with E-state index in [4.69, 9.17) is 17.0 Å². The summed E-state index contributed by atoms with van der Waals surface area (Å²) in [5.41, 5.74) is 3.95. The molecule has 0 nitrogen and oxygen atoms in total. The van der Waals surface area contributed by atoms with Crippen LogP contribution in [-0.4, -0.2) is 13.0 Å². The first kappa shape index (κ1) is 20.1. The molecule has 0 saturated heterocycles. The summed E-state index contributed by atoms with van der Waals surface area (Å²) in [6, 6.07) is 17.4. The van der Waals surface area contributed by atoms with Crippen molar-refractivity contribution in [3.63, 3.8) is 0 Å². The SMILES string of the molecule is C[SiH]([Si](C)(C)C)[Zr]([Cl])([Cl])([CH]1C=Cc2ccccc21)[CH]1C=Cc2ccccc21. The molecule has 0 heterocycles. The number of rotatable bonds is 4. The molecule has 0 amide bonds. The van der Waals surface area contributed by atoms with Crippen LogP contribution in [0.5, 0.6) is 0 Å². The van der Waals surface area contributed by atoms with Gasteiger partial charge in [-0.3, -0.25) is 0 Å². The Morgan fingerprint density at radius 1 is 0.778 bits per heavy atom. The fourth-order valence-corrected chi connectivity index (χ4v) is 114. The third-order valence-electron chi connectivity index (χ3n) is 6.91. The average molecular weight is 510 g/mol. The van der Waals surface area contributed by atoms with Gasteiger partial charge in [0.2, 0.25) is 0 Å². The van der Waals surface area contributed by atoms with Crippen LogP contribution in [0.25, 0.3) is 12.2 Å². The molecule has 3 atom stereocenters. The molecule has 5 heteroatoms. The molecule has 0 radical (unpaired) electrons. The quantitative estimate of drug-likeness (QED) is 0.380. The van der Waals surface area contributed by atoms with Gasteiger partial charge < -0.3 is 0 Å². The Balaban J connectivity index is 1.96. The van der Waals surface area contributed by atoms with E-state index in [1.54, 1.807) is 0 Å². The van der Waals surface area contributed by atoms with E-state index in [0.29, 0.717) is 0 Å². The third kappa shape index (κ3) is 3.00. The van der Waals surface area contributed by atoms with Crippen molar-refractivity contribution in [2.24, 2.45) is 0 Å².